The first-order valence-electron chi connectivity index (χ1n) is 7.47. The van der Waals surface area contributed by atoms with Gasteiger partial charge in [0.2, 0.25) is 5.95 Å². The molecule has 1 aliphatic rings. The second kappa shape index (κ2) is 7.11. The average molecular weight is 351 g/mol. The molecule has 126 valence electrons. The van der Waals surface area contributed by atoms with Gasteiger partial charge in [-0.25, -0.2) is 14.4 Å². The Morgan fingerprint density at radius 1 is 1.38 bits per heavy atom. The summed E-state index contributed by atoms with van der Waals surface area (Å²) in [4.78, 5) is 23.0. The summed E-state index contributed by atoms with van der Waals surface area (Å²) in [5.41, 5.74) is 1.33. The lowest BCUT2D eigenvalue weighted by atomic mass is 10.2. The number of carbonyl (C=O) groups is 1. The Bertz CT molecular complexity index is 766. The summed E-state index contributed by atoms with van der Waals surface area (Å²) in [6.45, 7) is 4.46. The lowest BCUT2D eigenvalue weighted by Gasteiger charge is -2.27. The predicted octanol–water partition coefficient (Wildman–Crippen LogP) is 2.67. The molecule has 0 saturated carbocycles. The normalized spacial score (nSPS) is 14.5. The van der Waals surface area contributed by atoms with Crippen LogP contribution in [-0.2, 0) is 4.74 Å². The number of nitrogens with zero attached hydrogens (tertiary/aromatic N) is 3. The van der Waals surface area contributed by atoms with E-state index in [4.69, 9.17) is 16.3 Å². The van der Waals surface area contributed by atoms with Gasteiger partial charge in [0.15, 0.2) is 0 Å². The summed E-state index contributed by atoms with van der Waals surface area (Å²) in [5, 5.41) is 2.61. The van der Waals surface area contributed by atoms with Crippen molar-refractivity contribution in [2.45, 2.75) is 6.92 Å². The van der Waals surface area contributed by atoms with E-state index in [0.29, 0.717) is 36.1 Å². The van der Waals surface area contributed by atoms with Gasteiger partial charge >= 0.3 is 0 Å². The van der Waals surface area contributed by atoms with Crippen LogP contribution in [0.2, 0.25) is 5.02 Å². The minimum absolute atomic E-state index is 0.0524. The molecule has 8 heteroatoms. The lowest BCUT2D eigenvalue weighted by Crippen LogP contribution is -2.37. The van der Waals surface area contributed by atoms with E-state index in [1.165, 1.54) is 24.4 Å². The summed E-state index contributed by atoms with van der Waals surface area (Å²) in [6, 6.07) is 3.99. The van der Waals surface area contributed by atoms with E-state index in [1.54, 1.807) is 6.92 Å². The zero-order chi connectivity index (χ0) is 17.1. The van der Waals surface area contributed by atoms with Crippen molar-refractivity contribution in [3.05, 3.63) is 46.5 Å². The fraction of sp³-hybridized carbons (Fsp3) is 0.312. The van der Waals surface area contributed by atoms with Gasteiger partial charge in [0.05, 0.1) is 29.5 Å². The van der Waals surface area contributed by atoms with Crippen LogP contribution in [0.5, 0.6) is 0 Å². The van der Waals surface area contributed by atoms with Gasteiger partial charge in [-0.2, -0.15) is 0 Å². The highest BCUT2D eigenvalue weighted by atomic mass is 35.5. The number of halogens is 2. The number of nitrogens with one attached hydrogen (secondary N) is 1. The van der Waals surface area contributed by atoms with Crippen molar-refractivity contribution in [2.24, 2.45) is 0 Å². The molecule has 1 aromatic carbocycles. The van der Waals surface area contributed by atoms with Gasteiger partial charge in [0.1, 0.15) is 5.82 Å². The monoisotopic (exact) mass is 350 g/mol. The van der Waals surface area contributed by atoms with Crippen molar-refractivity contribution in [3.63, 3.8) is 0 Å². The Morgan fingerprint density at radius 3 is 2.79 bits per heavy atom. The molecule has 1 aliphatic heterocycles. The SMILES string of the molecule is Cc1nc(N2CCOCC2)ncc1C(=O)Nc1ccc(F)c(Cl)c1. The molecule has 1 amide bonds. The molecule has 0 radical (unpaired) electrons. The molecule has 0 atom stereocenters. The molecule has 0 aliphatic carbocycles. The van der Waals surface area contributed by atoms with Gasteiger partial charge < -0.3 is 15.0 Å². The van der Waals surface area contributed by atoms with Gasteiger partial charge in [-0.1, -0.05) is 11.6 Å². The fourth-order valence-corrected chi connectivity index (χ4v) is 2.55. The number of rotatable bonds is 3. The number of carbonyl (C=O) groups excluding carboxylic acids is 1. The van der Waals surface area contributed by atoms with Crippen molar-refractivity contribution < 1.29 is 13.9 Å². The van der Waals surface area contributed by atoms with Gasteiger partial charge in [-0.15, -0.1) is 0 Å². The summed E-state index contributed by atoms with van der Waals surface area (Å²) in [6.07, 6.45) is 1.49. The first-order chi connectivity index (χ1) is 11.5. The molecular weight excluding hydrogens is 335 g/mol. The number of benzene rings is 1. The molecule has 2 heterocycles. The molecule has 1 fully saturated rings. The van der Waals surface area contributed by atoms with Crippen LogP contribution in [0.3, 0.4) is 0 Å². The molecule has 2 aromatic rings. The summed E-state index contributed by atoms with van der Waals surface area (Å²) in [7, 11) is 0. The van der Waals surface area contributed by atoms with Crippen LogP contribution in [-0.4, -0.2) is 42.2 Å². The minimum Gasteiger partial charge on any atom is -0.378 e. The Labute approximate surface area is 143 Å². The Morgan fingerprint density at radius 2 is 2.12 bits per heavy atom. The molecule has 0 unspecified atom stereocenters. The third kappa shape index (κ3) is 3.63. The van der Waals surface area contributed by atoms with Crippen LogP contribution in [0.25, 0.3) is 0 Å². The van der Waals surface area contributed by atoms with E-state index >= 15 is 0 Å². The van der Waals surface area contributed by atoms with E-state index in [-0.39, 0.29) is 10.9 Å². The highest BCUT2D eigenvalue weighted by molar-refractivity contribution is 6.31. The minimum atomic E-state index is -0.538. The first-order valence-corrected chi connectivity index (χ1v) is 7.85. The fourth-order valence-electron chi connectivity index (χ4n) is 2.37. The molecular formula is C16H16ClFN4O2. The lowest BCUT2D eigenvalue weighted by molar-refractivity contribution is 0.102. The Hall–Kier alpha value is -2.25. The van der Waals surface area contributed by atoms with Gasteiger partial charge in [0.25, 0.3) is 5.91 Å². The maximum absolute atomic E-state index is 13.2. The van der Waals surface area contributed by atoms with E-state index in [0.717, 1.165) is 13.1 Å². The maximum atomic E-state index is 13.2. The van der Waals surface area contributed by atoms with Crippen molar-refractivity contribution in [1.29, 1.82) is 0 Å². The third-order valence-corrected chi connectivity index (χ3v) is 3.97. The molecule has 1 saturated heterocycles. The Kier molecular flexibility index (Phi) is 4.92. The predicted molar refractivity (Wildman–Crippen MR) is 89.2 cm³/mol. The van der Waals surface area contributed by atoms with E-state index in [9.17, 15) is 9.18 Å². The molecule has 24 heavy (non-hydrogen) atoms. The summed E-state index contributed by atoms with van der Waals surface area (Å²) in [5.74, 6) is -0.329. The quantitative estimate of drug-likeness (QED) is 0.921. The first kappa shape index (κ1) is 16.6. The Balaban J connectivity index is 1.75. The van der Waals surface area contributed by atoms with Crippen LogP contribution in [0.1, 0.15) is 16.1 Å². The van der Waals surface area contributed by atoms with Crippen LogP contribution < -0.4 is 10.2 Å². The number of hydrogen-bond donors (Lipinski definition) is 1. The number of aryl methyl sites for hydroxylation is 1. The largest absolute Gasteiger partial charge is 0.378 e. The second-order valence-corrected chi connectivity index (χ2v) is 5.76. The number of anilines is 2. The van der Waals surface area contributed by atoms with Crippen LogP contribution in [0.15, 0.2) is 24.4 Å². The second-order valence-electron chi connectivity index (χ2n) is 5.35. The number of hydrogen-bond acceptors (Lipinski definition) is 5. The van der Waals surface area contributed by atoms with Gasteiger partial charge in [-0.3, -0.25) is 4.79 Å². The number of morpholine rings is 1. The van der Waals surface area contributed by atoms with Crippen molar-refractivity contribution in [1.82, 2.24) is 9.97 Å². The van der Waals surface area contributed by atoms with Crippen molar-refractivity contribution >= 4 is 29.1 Å². The van der Waals surface area contributed by atoms with Crippen molar-refractivity contribution in [2.75, 3.05) is 36.5 Å². The molecule has 1 aromatic heterocycles. The molecule has 0 bridgehead atoms. The van der Waals surface area contributed by atoms with Crippen molar-refractivity contribution in [3.8, 4) is 0 Å². The number of amides is 1. The molecule has 1 N–H and O–H groups in total. The molecule has 6 nitrogen and oxygen atoms in total. The highest BCUT2D eigenvalue weighted by Gasteiger charge is 2.17. The average Bonchev–Trinajstić information content (AvgIpc) is 2.59. The van der Waals surface area contributed by atoms with Crippen LogP contribution in [0.4, 0.5) is 16.0 Å². The number of aromatic nitrogens is 2. The smallest absolute Gasteiger partial charge is 0.259 e. The topological polar surface area (TPSA) is 67.3 Å². The maximum Gasteiger partial charge on any atom is 0.259 e. The van der Waals surface area contributed by atoms with E-state index < -0.39 is 5.82 Å². The van der Waals surface area contributed by atoms with Crippen LogP contribution in [0, 0.1) is 12.7 Å². The highest BCUT2D eigenvalue weighted by Crippen LogP contribution is 2.20. The molecule has 3 rings (SSSR count). The summed E-state index contributed by atoms with van der Waals surface area (Å²) >= 11 is 5.71. The zero-order valence-electron chi connectivity index (χ0n) is 13.1. The van der Waals surface area contributed by atoms with Crippen LogP contribution >= 0.6 is 11.6 Å². The third-order valence-electron chi connectivity index (χ3n) is 3.68. The standard InChI is InChI=1S/C16H16ClFN4O2/c1-10-12(9-19-16(20-10)22-4-6-24-7-5-22)15(23)21-11-2-3-14(18)13(17)8-11/h2-3,8-9H,4-7H2,1H3,(H,21,23). The van der Waals surface area contributed by atoms with E-state index in [2.05, 4.69) is 15.3 Å². The van der Waals surface area contributed by atoms with Gasteiger partial charge in [0, 0.05) is 25.0 Å². The number of ether oxygens (including phenoxy) is 1. The van der Waals surface area contributed by atoms with E-state index in [1.807, 2.05) is 4.90 Å². The van der Waals surface area contributed by atoms with Gasteiger partial charge in [-0.05, 0) is 25.1 Å². The zero-order valence-corrected chi connectivity index (χ0v) is 13.8. The molecule has 0 spiro atoms. The summed E-state index contributed by atoms with van der Waals surface area (Å²) < 4.78 is 18.5.